The van der Waals surface area contributed by atoms with Crippen LogP contribution in [0.3, 0.4) is 0 Å². The second-order valence-electron chi connectivity index (χ2n) is 5.52. The fourth-order valence-electron chi connectivity index (χ4n) is 2.77. The summed E-state index contributed by atoms with van der Waals surface area (Å²) in [6, 6.07) is 6.95. The molecule has 0 amide bonds. The van der Waals surface area contributed by atoms with E-state index < -0.39 is 0 Å². The van der Waals surface area contributed by atoms with Crippen molar-refractivity contribution in [3.8, 4) is 0 Å². The van der Waals surface area contributed by atoms with Gasteiger partial charge in [0.1, 0.15) is 5.82 Å². The van der Waals surface area contributed by atoms with Crippen molar-refractivity contribution in [3.05, 3.63) is 30.6 Å². The van der Waals surface area contributed by atoms with Gasteiger partial charge in [-0.15, -0.1) is 0 Å². The van der Waals surface area contributed by atoms with Gasteiger partial charge in [0.05, 0.1) is 17.2 Å². The molecule has 0 aliphatic carbocycles. The Balaban J connectivity index is 2.04. The molecule has 0 bridgehead atoms. The Labute approximate surface area is 119 Å². The minimum absolute atomic E-state index is 0.537. The van der Waals surface area contributed by atoms with Crippen LogP contribution in [0.4, 0.5) is 5.82 Å². The molecule has 1 unspecified atom stereocenters. The predicted octanol–water partition coefficient (Wildman–Crippen LogP) is 3.83. The van der Waals surface area contributed by atoms with E-state index in [0.717, 1.165) is 16.7 Å². The van der Waals surface area contributed by atoms with Gasteiger partial charge >= 0.3 is 0 Å². The number of fused-ring (bicyclic) bond motifs is 3. The molecular formula is C16H22N4. The number of hydrogen-bond donors (Lipinski definition) is 1. The van der Waals surface area contributed by atoms with E-state index in [2.05, 4.69) is 58.4 Å². The zero-order valence-corrected chi connectivity index (χ0v) is 12.4. The topological polar surface area (TPSA) is 36.3 Å². The first kappa shape index (κ1) is 13.0. The van der Waals surface area contributed by atoms with Gasteiger partial charge in [-0.05, 0) is 31.5 Å². The summed E-state index contributed by atoms with van der Waals surface area (Å²) in [5.41, 5.74) is 3.21. The quantitative estimate of drug-likeness (QED) is 0.765. The Kier molecular flexibility index (Phi) is 3.38. The molecule has 4 nitrogen and oxygen atoms in total. The van der Waals surface area contributed by atoms with E-state index in [1.165, 1.54) is 25.1 Å². The van der Waals surface area contributed by atoms with E-state index in [4.69, 9.17) is 0 Å². The fraction of sp³-hybridized carbons (Fsp3) is 0.438. The molecule has 0 fully saturated rings. The van der Waals surface area contributed by atoms with Crippen molar-refractivity contribution < 1.29 is 0 Å². The third-order valence-corrected chi connectivity index (χ3v) is 4.16. The maximum Gasteiger partial charge on any atom is 0.154 e. The molecule has 1 N–H and O–H groups in total. The number of hydrogen-bond acceptors (Lipinski definition) is 2. The summed E-state index contributed by atoms with van der Waals surface area (Å²) in [5, 5.41) is 0. The Bertz CT molecular complexity index is 709. The molecule has 20 heavy (non-hydrogen) atoms. The summed E-state index contributed by atoms with van der Waals surface area (Å²) in [4.78, 5) is 9.99. The summed E-state index contributed by atoms with van der Waals surface area (Å²) in [6.07, 6.45) is 7.62. The molecule has 0 aliphatic rings. The van der Waals surface area contributed by atoms with E-state index in [0.29, 0.717) is 6.04 Å². The molecule has 0 radical (unpaired) electrons. The summed E-state index contributed by atoms with van der Waals surface area (Å²) in [5.74, 6) is 1.23. The first-order chi connectivity index (χ1) is 9.72. The molecule has 0 aliphatic heterocycles. The normalized spacial score (nSPS) is 13.2. The Morgan fingerprint density at radius 1 is 1.35 bits per heavy atom. The number of rotatable bonds is 5. The van der Waals surface area contributed by atoms with Crippen LogP contribution < -0.4 is 4.90 Å². The van der Waals surface area contributed by atoms with Crippen LogP contribution in [0.25, 0.3) is 16.7 Å². The van der Waals surface area contributed by atoms with Crippen molar-refractivity contribution in [1.29, 1.82) is 0 Å². The fourth-order valence-corrected chi connectivity index (χ4v) is 2.77. The third kappa shape index (κ3) is 2.05. The smallest absolute Gasteiger partial charge is 0.154 e. The Morgan fingerprint density at radius 2 is 2.20 bits per heavy atom. The van der Waals surface area contributed by atoms with Gasteiger partial charge in [0.2, 0.25) is 0 Å². The molecule has 3 aromatic heterocycles. The number of aromatic amines is 1. The van der Waals surface area contributed by atoms with Crippen LogP contribution in [0.2, 0.25) is 0 Å². The van der Waals surface area contributed by atoms with Gasteiger partial charge < -0.3 is 9.88 Å². The van der Waals surface area contributed by atoms with Gasteiger partial charge in [0.25, 0.3) is 0 Å². The van der Waals surface area contributed by atoms with Crippen molar-refractivity contribution in [2.75, 3.05) is 11.9 Å². The van der Waals surface area contributed by atoms with Gasteiger partial charge in [0, 0.05) is 19.3 Å². The van der Waals surface area contributed by atoms with Gasteiger partial charge in [-0.3, -0.25) is 4.40 Å². The van der Waals surface area contributed by atoms with Crippen LogP contribution >= 0.6 is 0 Å². The number of unbranched alkanes of at least 4 members (excludes halogenated alkanes) is 1. The van der Waals surface area contributed by atoms with Crippen LogP contribution in [0.5, 0.6) is 0 Å². The molecule has 0 saturated heterocycles. The van der Waals surface area contributed by atoms with E-state index in [9.17, 15) is 0 Å². The number of H-pyrrole nitrogens is 1. The maximum absolute atomic E-state index is 4.44. The monoisotopic (exact) mass is 270 g/mol. The molecule has 3 rings (SSSR count). The van der Waals surface area contributed by atoms with E-state index in [1.54, 1.807) is 0 Å². The predicted molar refractivity (Wildman–Crippen MR) is 84.4 cm³/mol. The maximum atomic E-state index is 4.44. The molecule has 0 spiro atoms. The van der Waals surface area contributed by atoms with E-state index in [-0.39, 0.29) is 0 Å². The van der Waals surface area contributed by atoms with Gasteiger partial charge in [-0.2, -0.15) is 0 Å². The lowest BCUT2D eigenvalue weighted by Gasteiger charge is -2.26. The summed E-state index contributed by atoms with van der Waals surface area (Å²) in [7, 11) is 2.18. The minimum Gasteiger partial charge on any atom is -0.358 e. The molecule has 4 heteroatoms. The first-order valence-electron chi connectivity index (χ1n) is 7.38. The SMILES string of the molecule is CCCCC(C)N(C)c1ccc2cnc3[nH]ccc3n12. The average Bonchev–Trinajstić information content (AvgIpc) is 3.08. The van der Waals surface area contributed by atoms with E-state index >= 15 is 0 Å². The lowest BCUT2D eigenvalue weighted by Crippen LogP contribution is -2.29. The van der Waals surface area contributed by atoms with E-state index in [1.807, 2.05) is 12.4 Å². The molecule has 3 heterocycles. The second-order valence-corrected chi connectivity index (χ2v) is 5.52. The van der Waals surface area contributed by atoms with Crippen LogP contribution in [0.1, 0.15) is 33.1 Å². The molecule has 106 valence electrons. The largest absolute Gasteiger partial charge is 0.358 e. The highest BCUT2D eigenvalue weighted by atomic mass is 15.2. The number of aromatic nitrogens is 3. The molecule has 1 atom stereocenters. The van der Waals surface area contributed by atoms with Crippen LogP contribution in [-0.4, -0.2) is 27.5 Å². The number of nitrogens with one attached hydrogen (secondary N) is 1. The standard InChI is InChI=1S/C16H22N4/c1-4-5-6-12(2)19(3)15-8-7-13-11-18-16-14(20(13)15)9-10-17-16/h7-12,17H,4-6H2,1-3H3. The minimum atomic E-state index is 0.537. The molecule has 0 aromatic carbocycles. The van der Waals surface area contributed by atoms with Gasteiger partial charge in [0.15, 0.2) is 5.65 Å². The van der Waals surface area contributed by atoms with Crippen molar-refractivity contribution in [2.24, 2.45) is 0 Å². The highest BCUT2D eigenvalue weighted by Gasteiger charge is 2.15. The molecular weight excluding hydrogens is 248 g/mol. The average molecular weight is 270 g/mol. The van der Waals surface area contributed by atoms with Crippen molar-refractivity contribution >= 4 is 22.5 Å². The molecule has 3 aromatic rings. The Morgan fingerprint density at radius 3 is 3.00 bits per heavy atom. The number of anilines is 1. The molecule has 0 saturated carbocycles. The zero-order valence-electron chi connectivity index (χ0n) is 12.4. The van der Waals surface area contributed by atoms with Gasteiger partial charge in [-0.1, -0.05) is 19.8 Å². The highest BCUT2D eigenvalue weighted by molar-refractivity contribution is 5.78. The van der Waals surface area contributed by atoms with Crippen LogP contribution in [0.15, 0.2) is 30.6 Å². The third-order valence-electron chi connectivity index (χ3n) is 4.16. The van der Waals surface area contributed by atoms with Crippen molar-refractivity contribution in [3.63, 3.8) is 0 Å². The second kappa shape index (κ2) is 5.19. The lowest BCUT2D eigenvalue weighted by atomic mass is 10.1. The van der Waals surface area contributed by atoms with Crippen LogP contribution in [-0.2, 0) is 0 Å². The Hall–Kier alpha value is -1.97. The number of nitrogens with zero attached hydrogens (tertiary/aromatic N) is 3. The zero-order chi connectivity index (χ0) is 14.1. The van der Waals surface area contributed by atoms with Crippen molar-refractivity contribution in [2.45, 2.75) is 39.2 Å². The summed E-state index contributed by atoms with van der Waals surface area (Å²) in [6.45, 7) is 4.54. The first-order valence-corrected chi connectivity index (χ1v) is 7.38. The highest BCUT2D eigenvalue weighted by Crippen LogP contribution is 2.25. The summed E-state index contributed by atoms with van der Waals surface area (Å²) < 4.78 is 2.28. The van der Waals surface area contributed by atoms with Crippen molar-refractivity contribution in [1.82, 2.24) is 14.4 Å². The van der Waals surface area contributed by atoms with Gasteiger partial charge in [-0.25, -0.2) is 4.98 Å². The lowest BCUT2D eigenvalue weighted by molar-refractivity contribution is 0.583. The van der Waals surface area contributed by atoms with Crippen LogP contribution in [0, 0.1) is 0 Å². The summed E-state index contributed by atoms with van der Waals surface area (Å²) >= 11 is 0.